The molecule has 23 heavy (non-hydrogen) atoms. The number of ketones is 1. The van der Waals surface area contributed by atoms with Gasteiger partial charge in [0.15, 0.2) is 0 Å². The predicted octanol–water partition coefficient (Wildman–Crippen LogP) is 4.20. The first-order valence-corrected chi connectivity index (χ1v) is 7.79. The first kappa shape index (κ1) is 15.5. The molecule has 0 atom stereocenters. The van der Waals surface area contributed by atoms with E-state index in [4.69, 9.17) is 11.6 Å². The molecular formula is C19H17ClN2O. The molecule has 2 heterocycles. The number of nitrogens with zero attached hydrogens (tertiary/aromatic N) is 2. The van der Waals surface area contributed by atoms with Crippen molar-refractivity contribution in [2.45, 2.75) is 13.3 Å². The van der Waals surface area contributed by atoms with Crippen molar-refractivity contribution in [3.8, 4) is 0 Å². The van der Waals surface area contributed by atoms with Gasteiger partial charge in [-0.1, -0.05) is 47.5 Å². The molecule has 0 N–H and O–H groups in total. The average Bonchev–Trinajstić information content (AvgIpc) is 2.82. The van der Waals surface area contributed by atoms with E-state index >= 15 is 0 Å². The monoisotopic (exact) mass is 324 g/mol. The maximum absolute atomic E-state index is 12.7. The molecule has 0 bridgehead atoms. The number of carbonyl (C=O) groups excluding carboxylic acids is 1. The lowest BCUT2D eigenvalue weighted by Crippen LogP contribution is -2.10. The molecule has 2 aromatic heterocycles. The normalized spacial score (nSPS) is 10.7. The number of pyridine rings is 1. The third-order valence-corrected chi connectivity index (χ3v) is 4.19. The van der Waals surface area contributed by atoms with Gasteiger partial charge in [-0.05, 0) is 25.1 Å². The van der Waals surface area contributed by atoms with Crippen LogP contribution in [0.4, 0.5) is 0 Å². The third kappa shape index (κ3) is 3.20. The van der Waals surface area contributed by atoms with Crippen LogP contribution in [0.1, 0.15) is 33.0 Å². The van der Waals surface area contributed by atoms with Crippen LogP contribution in [0.15, 0.2) is 54.7 Å². The molecule has 3 rings (SSSR count). The summed E-state index contributed by atoms with van der Waals surface area (Å²) in [6, 6.07) is 15.2. The van der Waals surface area contributed by atoms with Gasteiger partial charge in [0.25, 0.3) is 0 Å². The number of benzene rings is 1. The van der Waals surface area contributed by atoms with Crippen molar-refractivity contribution in [1.29, 1.82) is 0 Å². The van der Waals surface area contributed by atoms with E-state index < -0.39 is 0 Å². The Hall–Kier alpha value is -2.39. The fourth-order valence-corrected chi connectivity index (χ4v) is 2.91. The van der Waals surface area contributed by atoms with Gasteiger partial charge in [-0.15, -0.1) is 0 Å². The highest BCUT2D eigenvalue weighted by molar-refractivity contribution is 6.34. The molecular weight excluding hydrogens is 308 g/mol. The Kier molecular flexibility index (Phi) is 4.30. The zero-order chi connectivity index (χ0) is 16.4. The van der Waals surface area contributed by atoms with Gasteiger partial charge in [0.05, 0.1) is 5.02 Å². The Labute approximate surface area is 140 Å². The van der Waals surface area contributed by atoms with E-state index in [1.54, 1.807) is 6.20 Å². The summed E-state index contributed by atoms with van der Waals surface area (Å²) in [5.74, 6) is -0.0650. The van der Waals surface area contributed by atoms with Gasteiger partial charge in [-0.25, -0.2) is 0 Å². The molecule has 4 heteroatoms. The molecule has 3 aromatic rings. The van der Waals surface area contributed by atoms with Crippen LogP contribution in [0.2, 0.25) is 5.02 Å². The van der Waals surface area contributed by atoms with E-state index in [0.717, 1.165) is 17.0 Å². The van der Waals surface area contributed by atoms with Crippen LogP contribution >= 0.6 is 11.6 Å². The highest BCUT2D eigenvalue weighted by Gasteiger charge is 2.19. The molecule has 0 fully saturated rings. The highest BCUT2D eigenvalue weighted by atomic mass is 35.5. The second-order valence-electron chi connectivity index (χ2n) is 5.58. The van der Waals surface area contributed by atoms with Crippen LogP contribution in [0.5, 0.6) is 0 Å². The third-order valence-electron chi connectivity index (χ3n) is 3.90. The Morgan fingerprint density at radius 1 is 1.17 bits per heavy atom. The van der Waals surface area contributed by atoms with Gasteiger partial charge < -0.3 is 4.57 Å². The first-order chi connectivity index (χ1) is 11.1. The zero-order valence-electron chi connectivity index (χ0n) is 13.1. The summed E-state index contributed by atoms with van der Waals surface area (Å²) >= 11 is 6.33. The molecule has 0 radical (unpaired) electrons. The van der Waals surface area contributed by atoms with Crippen LogP contribution in [-0.4, -0.2) is 15.3 Å². The predicted molar refractivity (Wildman–Crippen MR) is 92.1 cm³/mol. The van der Waals surface area contributed by atoms with E-state index in [1.165, 1.54) is 0 Å². The molecule has 3 nitrogen and oxygen atoms in total. The second kappa shape index (κ2) is 6.39. The van der Waals surface area contributed by atoms with Crippen LogP contribution < -0.4 is 0 Å². The van der Waals surface area contributed by atoms with Gasteiger partial charge in [0.2, 0.25) is 5.78 Å². The van der Waals surface area contributed by atoms with E-state index in [1.807, 2.05) is 67.1 Å². The summed E-state index contributed by atoms with van der Waals surface area (Å²) in [6.45, 7) is 1.99. The van der Waals surface area contributed by atoms with Crippen molar-refractivity contribution in [3.05, 3.63) is 88.0 Å². The largest absolute Gasteiger partial charge is 0.343 e. The lowest BCUT2D eigenvalue weighted by atomic mass is 10.1. The Bertz CT molecular complexity index is 836. The fourth-order valence-electron chi connectivity index (χ4n) is 2.58. The van der Waals surface area contributed by atoms with Gasteiger partial charge in [-0.3, -0.25) is 9.78 Å². The molecule has 0 unspecified atom stereocenters. The summed E-state index contributed by atoms with van der Waals surface area (Å²) in [5.41, 5.74) is 4.18. The smallest absolute Gasteiger partial charge is 0.210 e. The van der Waals surface area contributed by atoms with Crippen molar-refractivity contribution >= 4 is 17.4 Å². The van der Waals surface area contributed by atoms with Crippen LogP contribution in [0.3, 0.4) is 0 Å². The van der Waals surface area contributed by atoms with E-state index in [2.05, 4.69) is 4.98 Å². The molecule has 0 spiro atoms. The van der Waals surface area contributed by atoms with Crippen LogP contribution in [-0.2, 0) is 13.5 Å². The first-order valence-electron chi connectivity index (χ1n) is 7.41. The molecule has 0 amide bonds. The Morgan fingerprint density at radius 2 is 1.91 bits per heavy atom. The number of halogens is 1. The zero-order valence-corrected chi connectivity index (χ0v) is 13.8. The van der Waals surface area contributed by atoms with Gasteiger partial charge in [0.1, 0.15) is 5.69 Å². The maximum atomic E-state index is 12.7. The standard InChI is InChI=1S/C19H17ClN2O/c1-13-6-8-14(9-7-13)19(23)18-17(20)12-16(22(18)2)11-15-5-3-4-10-21-15/h3-10,12H,11H2,1-2H3. The topological polar surface area (TPSA) is 34.9 Å². The van der Waals surface area contributed by atoms with Crippen molar-refractivity contribution in [2.75, 3.05) is 0 Å². The molecule has 0 saturated carbocycles. The van der Waals surface area contributed by atoms with Gasteiger partial charge in [-0.2, -0.15) is 0 Å². The number of hydrogen-bond donors (Lipinski definition) is 0. The summed E-state index contributed by atoms with van der Waals surface area (Å²) < 4.78 is 1.86. The van der Waals surface area contributed by atoms with Crippen molar-refractivity contribution in [2.24, 2.45) is 7.05 Å². The second-order valence-corrected chi connectivity index (χ2v) is 5.99. The van der Waals surface area contributed by atoms with Crippen molar-refractivity contribution < 1.29 is 4.79 Å². The Morgan fingerprint density at radius 3 is 2.57 bits per heavy atom. The van der Waals surface area contributed by atoms with Crippen molar-refractivity contribution in [3.63, 3.8) is 0 Å². The van der Waals surface area contributed by atoms with E-state index in [9.17, 15) is 4.79 Å². The lowest BCUT2D eigenvalue weighted by Gasteiger charge is -2.08. The number of rotatable bonds is 4. The van der Waals surface area contributed by atoms with Gasteiger partial charge >= 0.3 is 0 Å². The van der Waals surface area contributed by atoms with Crippen LogP contribution in [0.25, 0.3) is 0 Å². The number of aryl methyl sites for hydroxylation is 1. The highest BCUT2D eigenvalue weighted by Crippen LogP contribution is 2.25. The quantitative estimate of drug-likeness (QED) is 0.674. The van der Waals surface area contributed by atoms with E-state index in [-0.39, 0.29) is 5.78 Å². The molecule has 0 aliphatic heterocycles. The molecule has 116 valence electrons. The molecule has 0 aliphatic carbocycles. The molecule has 0 aliphatic rings. The minimum atomic E-state index is -0.0650. The molecule has 1 aromatic carbocycles. The van der Waals surface area contributed by atoms with E-state index in [0.29, 0.717) is 22.7 Å². The summed E-state index contributed by atoms with van der Waals surface area (Å²) in [4.78, 5) is 17.1. The number of carbonyl (C=O) groups is 1. The Balaban J connectivity index is 1.94. The molecule has 0 saturated heterocycles. The van der Waals surface area contributed by atoms with Gasteiger partial charge in [0, 0.05) is 36.6 Å². The average molecular weight is 325 g/mol. The number of hydrogen-bond acceptors (Lipinski definition) is 2. The minimum Gasteiger partial charge on any atom is -0.343 e. The maximum Gasteiger partial charge on any atom is 0.210 e. The van der Waals surface area contributed by atoms with Crippen LogP contribution in [0, 0.1) is 6.92 Å². The SMILES string of the molecule is Cc1ccc(C(=O)c2c(Cl)cc(Cc3ccccn3)n2C)cc1. The lowest BCUT2D eigenvalue weighted by molar-refractivity contribution is 0.103. The minimum absolute atomic E-state index is 0.0650. The summed E-state index contributed by atoms with van der Waals surface area (Å²) in [7, 11) is 1.87. The van der Waals surface area contributed by atoms with Crippen molar-refractivity contribution in [1.82, 2.24) is 9.55 Å². The fraction of sp³-hybridized carbons (Fsp3) is 0.158. The number of aromatic nitrogens is 2. The summed E-state index contributed by atoms with van der Waals surface area (Å²) in [6.07, 6.45) is 2.40. The summed E-state index contributed by atoms with van der Waals surface area (Å²) in [5, 5.41) is 0.476.